The minimum atomic E-state index is -1.24. The Kier molecular flexibility index (Phi) is 4.43. The van der Waals surface area contributed by atoms with E-state index in [0.29, 0.717) is 36.8 Å². The van der Waals surface area contributed by atoms with Crippen LogP contribution in [-0.2, 0) is 29.6 Å². The molecule has 0 aromatic heterocycles. The maximum Gasteiger partial charge on any atom is 0.262 e. The molecule has 2 spiro atoms. The van der Waals surface area contributed by atoms with Crippen molar-refractivity contribution in [3.8, 4) is 17.2 Å². The van der Waals surface area contributed by atoms with Crippen molar-refractivity contribution < 1.29 is 13.6 Å². The number of hydrogen-bond donors (Lipinski definition) is 1. The summed E-state index contributed by atoms with van der Waals surface area (Å²) in [6.45, 7) is 0. The molecule has 2 atom stereocenters. The molecular weight excluding hydrogens is 446 g/mol. The summed E-state index contributed by atoms with van der Waals surface area (Å²) in [7, 11) is 1.62. The van der Waals surface area contributed by atoms with Crippen molar-refractivity contribution >= 4 is 11.9 Å². The van der Waals surface area contributed by atoms with Crippen molar-refractivity contribution in [2.24, 2.45) is 16.1 Å². The van der Waals surface area contributed by atoms with Crippen LogP contribution < -0.4 is 5.73 Å². The number of amides is 1. The summed E-state index contributed by atoms with van der Waals surface area (Å²) in [5.41, 5.74) is 9.87. The molecule has 0 saturated carbocycles. The highest BCUT2D eigenvalue weighted by Gasteiger charge is 2.66. The number of aryl methyl sites for hydroxylation is 1. The fraction of sp³-hybridized carbons (Fsp3) is 0.250. The molecule has 7 heteroatoms. The van der Waals surface area contributed by atoms with Gasteiger partial charge in [-0.05, 0) is 89.4 Å². The number of aliphatic imine (C=N–C) groups is 1. The molecule has 3 aliphatic rings. The van der Waals surface area contributed by atoms with Gasteiger partial charge in [0.15, 0.2) is 23.1 Å². The van der Waals surface area contributed by atoms with Crippen LogP contribution in [0.4, 0.5) is 8.78 Å². The van der Waals surface area contributed by atoms with Crippen LogP contribution in [0.15, 0.2) is 59.6 Å². The van der Waals surface area contributed by atoms with Crippen LogP contribution >= 0.6 is 0 Å². The maximum atomic E-state index is 14.2. The normalized spacial score (nSPS) is 24.5. The standard InChI is InChI=1S/C28H22F2N4O/c1-34-25(35)28(33-26(34)32)22-10-18(17-4-2-3-16(9-17)15-31)5-6-20(22)13-27(28)8-7-19-11-23(29)24(30)12-21(19)14-27/h2-6,9-12H,7-8,13-14H2,1H3,(H2,32,33). The average Bonchev–Trinajstić information content (AvgIpc) is 3.25. The Balaban J connectivity index is 1.55. The number of guanidine groups is 1. The summed E-state index contributed by atoms with van der Waals surface area (Å²) in [6.07, 6.45) is 2.08. The van der Waals surface area contributed by atoms with E-state index in [4.69, 9.17) is 10.7 Å². The number of carbonyl (C=O) groups is 1. The molecule has 0 fully saturated rings. The third kappa shape index (κ3) is 2.83. The van der Waals surface area contributed by atoms with Gasteiger partial charge in [-0.15, -0.1) is 0 Å². The highest BCUT2D eigenvalue weighted by atomic mass is 19.2. The number of carbonyl (C=O) groups excluding carboxylic acids is 1. The predicted molar refractivity (Wildman–Crippen MR) is 127 cm³/mol. The van der Waals surface area contributed by atoms with Gasteiger partial charge < -0.3 is 5.73 Å². The Morgan fingerprint density at radius 2 is 1.71 bits per heavy atom. The number of rotatable bonds is 1. The number of likely N-dealkylation sites (N-methyl/N-ethyl adjacent to an activating group) is 1. The zero-order valence-corrected chi connectivity index (χ0v) is 19.1. The van der Waals surface area contributed by atoms with Crippen LogP contribution in [0.1, 0.15) is 34.2 Å². The first-order valence-corrected chi connectivity index (χ1v) is 11.5. The van der Waals surface area contributed by atoms with E-state index < -0.39 is 22.6 Å². The minimum Gasteiger partial charge on any atom is -0.369 e. The number of nitrogens with zero attached hydrogens (tertiary/aromatic N) is 3. The summed E-state index contributed by atoms with van der Waals surface area (Å²) in [4.78, 5) is 20.1. The fourth-order valence-electron chi connectivity index (χ4n) is 6.27. The fourth-order valence-corrected chi connectivity index (χ4v) is 6.27. The maximum absolute atomic E-state index is 14.2. The van der Waals surface area contributed by atoms with Crippen molar-refractivity contribution in [3.63, 3.8) is 0 Å². The van der Waals surface area contributed by atoms with E-state index in [1.807, 2.05) is 36.4 Å². The van der Waals surface area contributed by atoms with E-state index in [2.05, 4.69) is 6.07 Å². The predicted octanol–water partition coefficient (Wildman–Crippen LogP) is 4.22. The minimum absolute atomic E-state index is 0.148. The van der Waals surface area contributed by atoms with Crippen LogP contribution in [-0.4, -0.2) is 23.8 Å². The average molecular weight is 469 g/mol. The highest BCUT2D eigenvalue weighted by molar-refractivity contribution is 6.08. The molecule has 2 N–H and O–H groups in total. The van der Waals surface area contributed by atoms with Crippen molar-refractivity contribution in [3.05, 3.63) is 94.0 Å². The molecule has 6 rings (SSSR count). The molecule has 174 valence electrons. The Bertz CT molecular complexity index is 1510. The largest absolute Gasteiger partial charge is 0.369 e. The lowest BCUT2D eigenvalue weighted by Crippen LogP contribution is -2.51. The smallest absolute Gasteiger partial charge is 0.262 e. The van der Waals surface area contributed by atoms with Gasteiger partial charge in [-0.3, -0.25) is 9.69 Å². The quantitative estimate of drug-likeness (QED) is 0.581. The van der Waals surface area contributed by atoms with Crippen molar-refractivity contribution in [2.45, 2.75) is 31.2 Å². The van der Waals surface area contributed by atoms with Crippen molar-refractivity contribution in [1.82, 2.24) is 4.90 Å². The zero-order chi connectivity index (χ0) is 24.5. The first kappa shape index (κ1) is 21.5. The molecule has 1 aliphatic heterocycles. The van der Waals surface area contributed by atoms with Gasteiger partial charge in [0.25, 0.3) is 5.91 Å². The van der Waals surface area contributed by atoms with E-state index in [1.165, 1.54) is 17.0 Å². The van der Waals surface area contributed by atoms with Crippen LogP contribution in [0.25, 0.3) is 11.1 Å². The lowest BCUT2D eigenvalue weighted by Gasteiger charge is -2.44. The molecule has 0 radical (unpaired) electrons. The van der Waals surface area contributed by atoms with Gasteiger partial charge in [-0.25, -0.2) is 13.8 Å². The Morgan fingerprint density at radius 1 is 1.00 bits per heavy atom. The van der Waals surface area contributed by atoms with Gasteiger partial charge in [0.2, 0.25) is 0 Å². The molecule has 1 heterocycles. The summed E-state index contributed by atoms with van der Waals surface area (Å²) >= 11 is 0. The van der Waals surface area contributed by atoms with Crippen molar-refractivity contribution in [2.75, 3.05) is 7.05 Å². The van der Waals surface area contributed by atoms with Gasteiger partial charge in [0.05, 0.1) is 11.6 Å². The molecule has 2 aliphatic carbocycles. The SMILES string of the molecule is CN1C(=O)C2(N=C1N)c1cc(-c3cccc(C#N)c3)ccc1CC21CCc2cc(F)c(F)cc2C1. The second-order valence-corrected chi connectivity index (χ2v) is 9.78. The number of halogens is 2. The zero-order valence-electron chi connectivity index (χ0n) is 19.1. The Hall–Kier alpha value is -4.05. The molecular formula is C28H22F2N4O. The topological polar surface area (TPSA) is 82.5 Å². The summed E-state index contributed by atoms with van der Waals surface area (Å²) in [5.74, 6) is -1.80. The number of nitrogens with two attached hydrogens (primary N) is 1. The van der Waals surface area contributed by atoms with Crippen LogP contribution in [0.5, 0.6) is 0 Å². The number of nitriles is 1. The second kappa shape index (κ2) is 7.22. The van der Waals surface area contributed by atoms with Gasteiger partial charge in [0.1, 0.15) is 0 Å². The molecule has 3 aromatic carbocycles. The van der Waals surface area contributed by atoms with Crippen LogP contribution in [0, 0.1) is 28.4 Å². The molecule has 2 unspecified atom stereocenters. The highest BCUT2D eigenvalue weighted by Crippen LogP contribution is 2.61. The van der Waals surface area contributed by atoms with Gasteiger partial charge in [-0.1, -0.05) is 24.3 Å². The summed E-state index contributed by atoms with van der Waals surface area (Å²) in [6, 6.07) is 18.0. The van der Waals surface area contributed by atoms with Gasteiger partial charge >= 0.3 is 0 Å². The van der Waals surface area contributed by atoms with E-state index in [1.54, 1.807) is 13.1 Å². The Labute approximate surface area is 201 Å². The van der Waals surface area contributed by atoms with Crippen LogP contribution in [0.3, 0.4) is 0 Å². The second-order valence-electron chi connectivity index (χ2n) is 9.78. The third-order valence-electron chi connectivity index (χ3n) is 8.01. The first-order valence-electron chi connectivity index (χ1n) is 11.5. The third-order valence-corrected chi connectivity index (χ3v) is 8.01. The number of fused-ring (bicyclic) bond motifs is 4. The van der Waals surface area contributed by atoms with E-state index in [0.717, 1.165) is 27.8 Å². The summed E-state index contributed by atoms with van der Waals surface area (Å²) in [5, 5.41) is 9.33. The summed E-state index contributed by atoms with van der Waals surface area (Å²) < 4.78 is 28.1. The lowest BCUT2D eigenvalue weighted by atomic mass is 9.60. The van der Waals surface area contributed by atoms with E-state index >= 15 is 0 Å². The number of benzene rings is 3. The lowest BCUT2D eigenvalue weighted by molar-refractivity contribution is -0.135. The molecule has 3 aromatic rings. The molecule has 35 heavy (non-hydrogen) atoms. The molecule has 0 bridgehead atoms. The van der Waals surface area contributed by atoms with E-state index in [-0.39, 0.29) is 11.9 Å². The van der Waals surface area contributed by atoms with Gasteiger partial charge in [0, 0.05) is 12.5 Å². The van der Waals surface area contributed by atoms with Gasteiger partial charge in [-0.2, -0.15) is 5.26 Å². The number of hydrogen-bond acceptors (Lipinski definition) is 4. The molecule has 1 amide bonds. The van der Waals surface area contributed by atoms with Crippen molar-refractivity contribution in [1.29, 1.82) is 5.26 Å². The first-order chi connectivity index (χ1) is 16.8. The van der Waals surface area contributed by atoms with E-state index in [9.17, 15) is 18.8 Å². The Morgan fingerprint density at radius 3 is 2.43 bits per heavy atom. The monoisotopic (exact) mass is 468 g/mol. The van der Waals surface area contributed by atoms with Crippen LogP contribution in [0.2, 0.25) is 0 Å². The molecule has 0 saturated heterocycles. The molecule has 5 nitrogen and oxygen atoms in total.